The van der Waals surface area contributed by atoms with Crippen LogP contribution >= 0.6 is 0 Å². The smallest absolute Gasteiger partial charge is 0.248 e. The molecule has 0 aromatic heterocycles. The summed E-state index contributed by atoms with van der Waals surface area (Å²) in [5.74, 6) is -0.0845. The van der Waals surface area contributed by atoms with Gasteiger partial charge in [-0.1, -0.05) is 6.42 Å². The van der Waals surface area contributed by atoms with Crippen LogP contribution in [0.5, 0.6) is 0 Å². The summed E-state index contributed by atoms with van der Waals surface area (Å²) in [6.45, 7) is 1.36. The second-order valence-electron chi connectivity index (χ2n) is 4.60. The van der Waals surface area contributed by atoms with Gasteiger partial charge in [-0.2, -0.15) is 0 Å². The quantitative estimate of drug-likeness (QED) is 0.819. The van der Waals surface area contributed by atoms with Crippen LogP contribution in [0.2, 0.25) is 0 Å². The molecule has 0 heterocycles. The second-order valence-corrected chi connectivity index (χ2v) is 4.60. The number of nitrogens with one attached hydrogen (secondary N) is 1. The van der Waals surface area contributed by atoms with Crippen molar-refractivity contribution in [3.05, 3.63) is 35.1 Å². The van der Waals surface area contributed by atoms with E-state index in [2.05, 4.69) is 5.32 Å². The van der Waals surface area contributed by atoms with Crippen molar-refractivity contribution < 1.29 is 9.18 Å². The van der Waals surface area contributed by atoms with Gasteiger partial charge < -0.3 is 11.1 Å². The van der Waals surface area contributed by atoms with Crippen LogP contribution in [0.4, 0.5) is 4.39 Å². The van der Waals surface area contributed by atoms with Gasteiger partial charge in [0, 0.05) is 17.7 Å². The Hall–Kier alpha value is -1.42. The number of rotatable bonds is 5. The van der Waals surface area contributed by atoms with Crippen molar-refractivity contribution in [2.24, 2.45) is 11.7 Å². The lowest BCUT2D eigenvalue weighted by Crippen LogP contribution is -2.27. The average Bonchev–Trinajstić information content (AvgIpc) is 2.23. The van der Waals surface area contributed by atoms with E-state index in [9.17, 15) is 9.18 Å². The Morgan fingerprint density at radius 3 is 2.82 bits per heavy atom. The highest BCUT2D eigenvalue weighted by Gasteiger charge is 2.16. The Balaban J connectivity index is 1.93. The van der Waals surface area contributed by atoms with Gasteiger partial charge in [-0.3, -0.25) is 4.79 Å². The summed E-state index contributed by atoms with van der Waals surface area (Å²) in [5, 5.41) is 3.22. The molecule has 1 aliphatic carbocycles. The lowest BCUT2D eigenvalue weighted by atomic mass is 9.85. The van der Waals surface area contributed by atoms with E-state index in [1.807, 2.05) is 0 Å². The van der Waals surface area contributed by atoms with Gasteiger partial charge >= 0.3 is 0 Å². The molecule has 0 atom stereocenters. The lowest BCUT2D eigenvalue weighted by Gasteiger charge is -2.25. The van der Waals surface area contributed by atoms with Crippen molar-refractivity contribution in [2.45, 2.75) is 25.8 Å². The first kappa shape index (κ1) is 12.0. The van der Waals surface area contributed by atoms with Crippen LogP contribution in [-0.4, -0.2) is 12.5 Å². The predicted molar refractivity (Wildman–Crippen MR) is 64.0 cm³/mol. The van der Waals surface area contributed by atoms with E-state index in [0.29, 0.717) is 17.7 Å². The minimum Gasteiger partial charge on any atom is -0.366 e. The van der Waals surface area contributed by atoms with E-state index in [1.54, 1.807) is 0 Å². The topological polar surface area (TPSA) is 55.1 Å². The summed E-state index contributed by atoms with van der Waals surface area (Å²) in [6, 6.07) is 4.22. The number of halogens is 1. The molecule has 92 valence electrons. The van der Waals surface area contributed by atoms with Gasteiger partial charge in [0.1, 0.15) is 5.82 Å². The fourth-order valence-corrected chi connectivity index (χ4v) is 1.97. The zero-order valence-electron chi connectivity index (χ0n) is 9.71. The van der Waals surface area contributed by atoms with Crippen molar-refractivity contribution in [1.82, 2.24) is 5.32 Å². The lowest BCUT2D eigenvalue weighted by molar-refractivity contribution is 0.1000. The largest absolute Gasteiger partial charge is 0.366 e. The van der Waals surface area contributed by atoms with Gasteiger partial charge in [-0.05, 0) is 43.5 Å². The summed E-state index contributed by atoms with van der Waals surface area (Å²) in [7, 11) is 0. The van der Waals surface area contributed by atoms with Crippen molar-refractivity contribution in [2.75, 3.05) is 6.54 Å². The number of carbonyl (C=O) groups is 1. The van der Waals surface area contributed by atoms with Crippen molar-refractivity contribution in [1.29, 1.82) is 0 Å². The molecule has 4 heteroatoms. The minimum atomic E-state index is -0.523. The van der Waals surface area contributed by atoms with Crippen molar-refractivity contribution in [3.63, 3.8) is 0 Å². The van der Waals surface area contributed by atoms with E-state index in [0.717, 1.165) is 12.5 Å². The van der Waals surface area contributed by atoms with E-state index in [1.165, 1.54) is 37.5 Å². The third-order valence-corrected chi connectivity index (χ3v) is 3.30. The predicted octanol–water partition coefficient (Wildman–Crippen LogP) is 1.81. The first-order chi connectivity index (χ1) is 8.16. The molecular formula is C13H17FN2O. The number of hydrogen-bond acceptors (Lipinski definition) is 2. The molecule has 1 aliphatic rings. The van der Waals surface area contributed by atoms with Crippen LogP contribution in [0, 0.1) is 11.7 Å². The Morgan fingerprint density at radius 2 is 2.24 bits per heavy atom. The minimum absolute atomic E-state index is 0.295. The van der Waals surface area contributed by atoms with Crippen LogP contribution in [0.25, 0.3) is 0 Å². The van der Waals surface area contributed by atoms with Gasteiger partial charge in [-0.15, -0.1) is 0 Å². The molecule has 0 aliphatic heterocycles. The van der Waals surface area contributed by atoms with E-state index < -0.39 is 5.91 Å². The van der Waals surface area contributed by atoms with Crippen LogP contribution in [0.1, 0.15) is 35.2 Å². The van der Waals surface area contributed by atoms with E-state index in [-0.39, 0.29) is 5.82 Å². The highest BCUT2D eigenvalue weighted by atomic mass is 19.1. The maximum absolute atomic E-state index is 13.5. The molecule has 0 bridgehead atoms. The Bertz CT molecular complexity index is 416. The summed E-state index contributed by atoms with van der Waals surface area (Å²) in [6.07, 6.45) is 3.82. The molecule has 3 N–H and O–H groups in total. The molecule has 3 nitrogen and oxygen atoms in total. The second kappa shape index (κ2) is 5.27. The van der Waals surface area contributed by atoms with Gasteiger partial charge in [0.25, 0.3) is 0 Å². The molecule has 0 radical (unpaired) electrons. The van der Waals surface area contributed by atoms with Gasteiger partial charge in [0.15, 0.2) is 0 Å². The highest BCUT2D eigenvalue weighted by molar-refractivity contribution is 5.92. The molecule has 0 saturated heterocycles. The number of carbonyl (C=O) groups excluding carboxylic acids is 1. The first-order valence-electron chi connectivity index (χ1n) is 5.96. The van der Waals surface area contributed by atoms with E-state index in [4.69, 9.17) is 5.73 Å². The van der Waals surface area contributed by atoms with Crippen molar-refractivity contribution in [3.8, 4) is 0 Å². The van der Waals surface area contributed by atoms with Gasteiger partial charge in [0.2, 0.25) is 5.91 Å². The summed E-state index contributed by atoms with van der Waals surface area (Å²) >= 11 is 0. The number of primary amides is 1. The summed E-state index contributed by atoms with van der Waals surface area (Å²) in [4.78, 5) is 11.0. The fourth-order valence-electron chi connectivity index (χ4n) is 1.97. The molecule has 0 spiro atoms. The average molecular weight is 236 g/mol. The fraction of sp³-hybridized carbons (Fsp3) is 0.462. The molecule has 0 unspecified atom stereocenters. The van der Waals surface area contributed by atoms with Gasteiger partial charge in [-0.25, -0.2) is 4.39 Å². The summed E-state index contributed by atoms with van der Waals surface area (Å²) in [5.41, 5.74) is 6.01. The summed E-state index contributed by atoms with van der Waals surface area (Å²) < 4.78 is 13.5. The Kier molecular flexibility index (Phi) is 3.74. The molecule has 1 aromatic carbocycles. The zero-order valence-corrected chi connectivity index (χ0v) is 9.71. The van der Waals surface area contributed by atoms with Crippen LogP contribution in [0.15, 0.2) is 18.2 Å². The molecule has 1 saturated carbocycles. The third kappa shape index (κ3) is 3.03. The number of benzene rings is 1. The Morgan fingerprint density at radius 1 is 1.47 bits per heavy atom. The SMILES string of the molecule is NC(=O)c1ccc(F)c(CNCC2CCC2)c1. The standard InChI is InChI=1S/C13H17FN2O/c14-12-5-4-10(13(15)17)6-11(12)8-16-7-9-2-1-3-9/h4-6,9,16H,1-3,7-8H2,(H2,15,17). The molecule has 17 heavy (non-hydrogen) atoms. The van der Waals surface area contributed by atoms with Crippen LogP contribution in [-0.2, 0) is 6.54 Å². The maximum atomic E-state index is 13.5. The number of amides is 1. The molecule has 1 amide bonds. The third-order valence-electron chi connectivity index (χ3n) is 3.30. The normalized spacial score (nSPS) is 15.6. The van der Waals surface area contributed by atoms with Gasteiger partial charge in [0.05, 0.1) is 0 Å². The monoisotopic (exact) mass is 236 g/mol. The first-order valence-corrected chi connectivity index (χ1v) is 5.96. The molecular weight excluding hydrogens is 219 g/mol. The number of nitrogens with two attached hydrogens (primary N) is 1. The van der Waals surface area contributed by atoms with Crippen LogP contribution < -0.4 is 11.1 Å². The number of hydrogen-bond donors (Lipinski definition) is 2. The highest BCUT2D eigenvalue weighted by Crippen LogP contribution is 2.25. The maximum Gasteiger partial charge on any atom is 0.248 e. The molecule has 2 rings (SSSR count). The Labute approximate surface area is 100 Å². The van der Waals surface area contributed by atoms with E-state index >= 15 is 0 Å². The van der Waals surface area contributed by atoms with Crippen molar-refractivity contribution >= 4 is 5.91 Å². The zero-order chi connectivity index (χ0) is 12.3. The molecule has 1 fully saturated rings. The molecule has 1 aromatic rings. The van der Waals surface area contributed by atoms with Crippen LogP contribution in [0.3, 0.4) is 0 Å².